The highest BCUT2D eigenvalue weighted by Crippen LogP contribution is 2.39. The van der Waals surface area contributed by atoms with Gasteiger partial charge in [0.05, 0.1) is 22.1 Å². The highest BCUT2D eigenvalue weighted by Gasteiger charge is 2.30. The number of aryl methyl sites for hydroxylation is 2. The molecule has 45 heavy (non-hydrogen) atoms. The largest absolute Gasteiger partial charge is 0.457 e. The van der Waals surface area contributed by atoms with E-state index in [1.165, 1.54) is 24.3 Å². The number of aromatic nitrogens is 4. The first-order valence-corrected chi connectivity index (χ1v) is 14.8. The third-order valence-corrected chi connectivity index (χ3v) is 8.07. The van der Waals surface area contributed by atoms with E-state index in [0.717, 1.165) is 11.0 Å². The van der Waals surface area contributed by atoms with Crippen molar-refractivity contribution in [1.82, 2.24) is 19.1 Å². The van der Waals surface area contributed by atoms with Crippen LogP contribution in [-0.2, 0) is 14.1 Å². The van der Waals surface area contributed by atoms with Crippen molar-refractivity contribution in [2.45, 2.75) is 20.8 Å². The minimum absolute atomic E-state index is 0.0624. The van der Waals surface area contributed by atoms with Crippen LogP contribution in [0.15, 0.2) is 94.7 Å². The van der Waals surface area contributed by atoms with Crippen molar-refractivity contribution in [2.75, 3.05) is 10.6 Å². The minimum atomic E-state index is -4.38. The predicted molar refractivity (Wildman–Crippen MR) is 165 cm³/mol. The molecule has 0 unspecified atom stereocenters. The Morgan fingerprint density at radius 1 is 0.600 bits per heavy atom. The van der Waals surface area contributed by atoms with Gasteiger partial charge in [-0.1, -0.05) is 6.07 Å². The van der Waals surface area contributed by atoms with Crippen LogP contribution < -0.4 is 15.4 Å². The molecule has 0 bridgehead atoms. The SMILES string of the molecule is Cn1c(Nc2ccc(SC(F)(F)F)cc2)nc2cc(Oc3ccc4c(c3)nc(Nc3cccc(SC(F)(F)F)c3)n4C)ccc21. The van der Waals surface area contributed by atoms with E-state index in [-0.39, 0.29) is 33.3 Å². The van der Waals surface area contributed by atoms with E-state index in [2.05, 4.69) is 20.6 Å². The summed E-state index contributed by atoms with van der Waals surface area (Å²) in [6.07, 6.45) is 0. The molecule has 15 heteroatoms. The lowest BCUT2D eigenvalue weighted by Gasteiger charge is -2.09. The summed E-state index contributed by atoms with van der Waals surface area (Å²) in [5.74, 6) is 1.98. The molecule has 0 atom stereocenters. The van der Waals surface area contributed by atoms with Crippen LogP contribution in [0.25, 0.3) is 22.1 Å². The molecule has 2 N–H and O–H groups in total. The van der Waals surface area contributed by atoms with Gasteiger partial charge in [0.25, 0.3) is 0 Å². The average molecular weight is 661 g/mol. The summed E-state index contributed by atoms with van der Waals surface area (Å²) in [5, 5.41) is 6.21. The fourth-order valence-corrected chi connectivity index (χ4v) is 5.75. The molecule has 0 radical (unpaired) electrons. The summed E-state index contributed by atoms with van der Waals surface area (Å²) in [5.41, 5.74) is -4.84. The molecule has 0 spiro atoms. The lowest BCUT2D eigenvalue weighted by Crippen LogP contribution is -2.01. The fraction of sp³-hybridized carbons (Fsp3) is 0.133. The van der Waals surface area contributed by atoms with E-state index in [1.54, 1.807) is 60.1 Å². The second kappa shape index (κ2) is 11.8. The molecule has 0 aliphatic carbocycles. The summed E-state index contributed by atoms with van der Waals surface area (Å²) < 4.78 is 86.0. The number of nitrogens with one attached hydrogen (secondary N) is 2. The maximum Gasteiger partial charge on any atom is 0.446 e. The van der Waals surface area contributed by atoms with E-state index in [9.17, 15) is 26.3 Å². The first-order valence-electron chi connectivity index (χ1n) is 13.2. The Morgan fingerprint density at radius 2 is 1.11 bits per heavy atom. The normalized spacial score (nSPS) is 12.2. The highest BCUT2D eigenvalue weighted by molar-refractivity contribution is 8.00. The third-order valence-electron chi connectivity index (χ3n) is 6.61. The molecule has 2 heterocycles. The van der Waals surface area contributed by atoms with E-state index < -0.39 is 11.0 Å². The number of thioether (sulfide) groups is 2. The molecule has 232 valence electrons. The number of fused-ring (bicyclic) bond motifs is 2. The Bertz CT molecular complexity index is 2000. The van der Waals surface area contributed by atoms with E-state index in [4.69, 9.17) is 4.74 Å². The van der Waals surface area contributed by atoms with Crippen LogP contribution in [0.3, 0.4) is 0 Å². The van der Waals surface area contributed by atoms with Gasteiger partial charge in [0, 0.05) is 47.4 Å². The van der Waals surface area contributed by atoms with Crippen molar-refractivity contribution in [3.63, 3.8) is 0 Å². The number of ether oxygens (including phenoxy) is 1. The van der Waals surface area contributed by atoms with E-state index >= 15 is 0 Å². The Morgan fingerprint density at radius 3 is 1.64 bits per heavy atom. The number of rotatable bonds is 8. The quantitative estimate of drug-likeness (QED) is 0.124. The van der Waals surface area contributed by atoms with Crippen molar-refractivity contribution in [3.05, 3.63) is 84.9 Å². The van der Waals surface area contributed by atoms with Crippen LogP contribution in [-0.4, -0.2) is 30.1 Å². The molecule has 0 saturated heterocycles. The van der Waals surface area contributed by atoms with Gasteiger partial charge in [-0.05, 0) is 90.3 Å². The van der Waals surface area contributed by atoms with Gasteiger partial charge in [-0.2, -0.15) is 26.3 Å². The number of alkyl halides is 6. The second-order valence-corrected chi connectivity index (χ2v) is 12.1. The number of anilines is 4. The topological polar surface area (TPSA) is 68.9 Å². The van der Waals surface area contributed by atoms with Gasteiger partial charge in [0.15, 0.2) is 0 Å². The number of hydrogen-bond donors (Lipinski definition) is 2. The number of imidazole rings is 2. The lowest BCUT2D eigenvalue weighted by atomic mass is 10.2. The molecule has 0 aliphatic rings. The van der Waals surface area contributed by atoms with E-state index in [1.807, 2.05) is 23.7 Å². The Kier molecular flexibility index (Phi) is 7.99. The van der Waals surface area contributed by atoms with Gasteiger partial charge in [-0.15, -0.1) is 0 Å². The Balaban J connectivity index is 1.18. The maximum absolute atomic E-state index is 12.8. The molecular weight excluding hydrogens is 638 g/mol. The zero-order chi connectivity index (χ0) is 31.9. The van der Waals surface area contributed by atoms with Crippen LogP contribution in [0.4, 0.5) is 49.6 Å². The van der Waals surface area contributed by atoms with E-state index in [0.29, 0.717) is 45.8 Å². The van der Waals surface area contributed by atoms with Gasteiger partial charge in [-0.3, -0.25) is 0 Å². The molecular formula is C30H22F6N6OS2. The van der Waals surface area contributed by atoms with Gasteiger partial charge in [0.1, 0.15) is 11.5 Å². The van der Waals surface area contributed by atoms with Gasteiger partial charge < -0.3 is 24.5 Å². The van der Waals surface area contributed by atoms with Crippen LogP contribution in [0, 0.1) is 0 Å². The summed E-state index contributed by atoms with van der Waals surface area (Å²) in [6.45, 7) is 0. The van der Waals surface area contributed by atoms with Gasteiger partial charge >= 0.3 is 11.0 Å². The van der Waals surface area contributed by atoms with Crippen LogP contribution >= 0.6 is 23.5 Å². The number of hydrogen-bond acceptors (Lipinski definition) is 7. The summed E-state index contributed by atoms with van der Waals surface area (Å²) in [4.78, 5) is 9.37. The number of benzene rings is 4. The fourth-order valence-electron chi connectivity index (χ4n) is 4.62. The second-order valence-electron chi connectivity index (χ2n) is 9.79. The lowest BCUT2D eigenvalue weighted by molar-refractivity contribution is -0.0337. The molecule has 0 fully saturated rings. The third kappa shape index (κ3) is 7.26. The maximum atomic E-state index is 12.8. The zero-order valence-corrected chi connectivity index (χ0v) is 25.0. The monoisotopic (exact) mass is 660 g/mol. The van der Waals surface area contributed by atoms with Crippen LogP contribution in [0.5, 0.6) is 11.5 Å². The van der Waals surface area contributed by atoms with Gasteiger partial charge in [0.2, 0.25) is 11.9 Å². The molecule has 0 saturated carbocycles. The number of nitrogens with zero attached hydrogens (tertiary/aromatic N) is 4. The summed E-state index contributed by atoms with van der Waals surface area (Å²) >= 11 is -0.357. The predicted octanol–water partition coefficient (Wildman–Crippen LogP) is 9.96. The van der Waals surface area contributed by atoms with Crippen LogP contribution in [0.2, 0.25) is 0 Å². The van der Waals surface area contributed by atoms with Gasteiger partial charge in [-0.25, -0.2) is 9.97 Å². The molecule has 0 amide bonds. The first kappa shape index (κ1) is 30.5. The van der Waals surface area contributed by atoms with Crippen molar-refractivity contribution in [2.24, 2.45) is 14.1 Å². The van der Waals surface area contributed by atoms with Crippen molar-refractivity contribution < 1.29 is 31.1 Å². The molecule has 4 aromatic carbocycles. The standard InChI is InChI=1S/C30H22F6N6OS2/c1-41-25-12-8-19(15-23(25)39-27(41)37-17-6-10-21(11-7-17)44-29(31,32)33)43-20-9-13-26-24(16-20)40-28(42(26)2)38-18-4-3-5-22(14-18)45-30(34,35)36/h3-16H,1-2H3,(H,37,39)(H,38,40). The molecule has 7 nitrogen and oxygen atoms in total. The van der Waals surface area contributed by atoms with Crippen molar-refractivity contribution in [3.8, 4) is 11.5 Å². The first-order chi connectivity index (χ1) is 21.3. The number of halogens is 6. The Hall–Kier alpha value is -4.50. The van der Waals surface area contributed by atoms with Crippen LogP contribution in [0.1, 0.15) is 0 Å². The van der Waals surface area contributed by atoms with Crippen molar-refractivity contribution >= 4 is 68.9 Å². The Labute approximate surface area is 260 Å². The molecule has 0 aliphatic heterocycles. The smallest absolute Gasteiger partial charge is 0.446 e. The highest BCUT2D eigenvalue weighted by atomic mass is 32.2. The zero-order valence-electron chi connectivity index (χ0n) is 23.4. The summed E-state index contributed by atoms with van der Waals surface area (Å²) in [6, 6.07) is 22.7. The summed E-state index contributed by atoms with van der Waals surface area (Å²) in [7, 11) is 3.61. The average Bonchev–Trinajstić information content (AvgIpc) is 3.42. The molecule has 2 aromatic heterocycles. The van der Waals surface area contributed by atoms with Crippen molar-refractivity contribution in [1.29, 1.82) is 0 Å². The molecule has 6 aromatic rings. The minimum Gasteiger partial charge on any atom is -0.457 e. The molecule has 6 rings (SSSR count).